The number of pyridine rings is 1. The Morgan fingerprint density at radius 1 is 1.44 bits per heavy atom. The van der Waals surface area contributed by atoms with Crippen molar-refractivity contribution in [1.82, 2.24) is 10.3 Å². The first-order valence-corrected chi connectivity index (χ1v) is 7.50. The number of hydrogen-bond acceptors (Lipinski definition) is 2. The number of alkyl halides is 1. The SMILES string of the molecule is O=C(NCC1CCCCC1Br)c1ccc(Cl)cn1. The molecule has 0 spiro atoms. The standard InChI is InChI=1S/C13H16BrClN2O/c14-11-4-2-1-3-9(11)7-17-13(18)12-6-5-10(15)8-16-12/h5-6,8-9,11H,1-4,7H2,(H,17,18). The fraction of sp³-hybridized carbons (Fsp3) is 0.538. The van der Waals surface area contributed by atoms with E-state index < -0.39 is 0 Å². The highest BCUT2D eigenvalue weighted by molar-refractivity contribution is 9.09. The van der Waals surface area contributed by atoms with E-state index in [1.165, 1.54) is 31.9 Å². The maximum absolute atomic E-state index is 11.9. The summed E-state index contributed by atoms with van der Waals surface area (Å²) in [6.07, 6.45) is 6.38. The van der Waals surface area contributed by atoms with Crippen molar-refractivity contribution in [2.45, 2.75) is 30.5 Å². The van der Waals surface area contributed by atoms with Gasteiger partial charge < -0.3 is 5.32 Å². The van der Waals surface area contributed by atoms with Crippen LogP contribution in [-0.2, 0) is 0 Å². The highest BCUT2D eigenvalue weighted by Gasteiger charge is 2.23. The van der Waals surface area contributed by atoms with Gasteiger partial charge in [-0.1, -0.05) is 40.4 Å². The Labute approximate surface area is 120 Å². The number of aromatic nitrogens is 1. The van der Waals surface area contributed by atoms with Gasteiger partial charge in [-0.3, -0.25) is 4.79 Å². The lowest BCUT2D eigenvalue weighted by Gasteiger charge is -2.27. The van der Waals surface area contributed by atoms with E-state index in [1.807, 2.05) is 0 Å². The zero-order valence-corrected chi connectivity index (χ0v) is 12.4. The summed E-state index contributed by atoms with van der Waals surface area (Å²) in [5.41, 5.74) is 0.418. The van der Waals surface area contributed by atoms with E-state index in [1.54, 1.807) is 12.1 Å². The van der Waals surface area contributed by atoms with Gasteiger partial charge in [0.15, 0.2) is 0 Å². The maximum Gasteiger partial charge on any atom is 0.269 e. The molecule has 0 aliphatic heterocycles. The van der Waals surface area contributed by atoms with Crippen molar-refractivity contribution in [1.29, 1.82) is 0 Å². The molecular formula is C13H16BrClN2O. The van der Waals surface area contributed by atoms with E-state index in [0.717, 1.165) is 0 Å². The van der Waals surface area contributed by atoms with Crippen LogP contribution in [0.1, 0.15) is 36.2 Å². The first-order valence-electron chi connectivity index (χ1n) is 6.20. The lowest BCUT2D eigenvalue weighted by Crippen LogP contribution is -2.34. The number of carbonyl (C=O) groups is 1. The van der Waals surface area contributed by atoms with Gasteiger partial charge in [0.25, 0.3) is 5.91 Å². The Morgan fingerprint density at radius 2 is 2.22 bits per heavy atom. The van der Waals surface area contributed by atoms with Crippen LogP contribution in [0.15, 0.2) is 18.3 Å². The second kappa shape index (κ2) is 6.53. The van der Waals surface area contributed by atoms with Gasteiger partial charge in [0.2, 0.25) is 0 Å². The third-order valence-corrected chi connectivity index (χ3v) is 4.73. The number of amides is 1. The molecule has 1 amide bonds. The monoisotopic (exact) mass is 330 g/mol. The van der Waals surface area contributed by atoms with E-state index in [2.05, 4.69) is 26.2 Å². The quantitative estimate of drug-likeness (QED) is 0.862. The van der Waals surface area contributed by atoms with Gasteiger partial charge >= 0.3 is 0 Å². The average molecular weight is 332 g/mol. The van der Waals surface area contributed by atoms with Gasteiger partial charge in [-0.25, -0.2) is 4.98 Å². The minimum atomic E-state index is -0.128. The zero-order chi connectivity index (χ0) is 13.0. The van der Waals surface area contributed by atoms with E-state index in [-0.39, 0.29) is 5.91 Å². The molecule has 1 aliphatic carbocycles. The Balaban J connectivity index is 1.86. The van der Waals surface area contributed by atoms with Gasteiger partial charge in [-0.2, -0.15) is 0 Å². The molecule has 0 aromatic carbocycles. The van der Waals surface area contributed by atoms with Crippen LogP contribution in [0.4, 0.5) is 0 Å². The summed E-state index contributed by atoms with van der Waals surface area (Å²) < 4.78 is 0. The summed E-state index contributed by atoms with van der Waals surface area (Å²) >= 11 is 9.42. The molecule has 1 heterocycles. The summed E-state index contributed by atoms with van der Waals surface area (Å²) in [4.78, 5) is 16.4. The van der Waals surface area contributed by atoms with Crippen LogP contribution in [0.5, 0.6) is 0 Å². The summed E-state index contributed by atoms with van der Waals surface area (Å²) in [6.45, 7) is 0.707. The Bertz CT molecular complexity index is 410. The topological polar surface area (TPSA) is 42.0 Å². The zero-order valence-electron chi connectivity index (χ0n) is 10.0. The summed E-state index contributed by atoms with van der Waals surface area (Å²) in [6, 6.07) is 3.32. The molecule has 1 saturated carbocycles. The van der Waals surface area contributed by atoms with Gasteiger partial charge in [0.1, 0.15) is 5.69 Å². The Kier molecular flexibility index (Phi) is 5.01. The number of nitrogens with one attached hydrogen (secondary N) is 1. The van der Waals surface area contributed by atoms with Crippen molar-refractivity contribution in [2.24, 2.45) is 5.92 Å². The predicted molar refractivity (Wildman–Crippen MR) is 76.3 cm³/mol. The second-order valence-electron chi connectivity index (χ2n) is 4.63. The minimum Gasteiger partial charge on any atom is -0.350 e. The van der Waals surface area contributed by atoms with Crippen molar-refractivity contribution in [3.63, 3.8) is 0 Å². The smallest absolute Gasteiger partial charge is 0.269 e. The van der Waals surface area contributed by atoms with Crippen molar-refractivity contribution >= 4 is 33.4 Å². The van der Waals surface area contributed by atoms with E-state index in [0.29, 0.717) is 28.0 Å². The highest BCUT2D eigenvalue weighted by atomic mass is 79.9. The summed E-state index contributed by atoms with van der Waals surface area (Å²) in [5, 5.41) is 3.49. The molecule has 1 aliphatic rings. The van der Waals surface area contributed by atoms with Crippen LogP contribution in [0.25, 0.3) is 0 Å². The second-order valence-corrected chi connectivity index (χ2v) is 6.24. The lowest BCUT2D eigenvalue weighted by molar-refractivity contribution is 0.0939. The van der Waals surface area contributed by atoms with Crippen LogP contribution in [0, 0.1) is 5.92 Å². The largest absolute Gasteiger partial charge is 0.350 e. The highest BCUT2D eigenvalue weighted by Crippen LogP contribution is 2.29. The molecule has 2 rings (SSSR count). The number of carbonyl (C=O) groups excluding carboxylic acids is 1. The molecule has 5 heteroatoms. The fourth-order valence-corrected chi connectivity index (χ4v) is 3.10. The summed E-state index contributed by atoms with van der Waals surface area (Å²) in [7, 11) is 0. The van der Waals surface area contributed by atoms with Crippen LogP contribution in [0.2, 0.25) is 5.02 Å². The van der Waals surface area contributed by atoms with Gasteiger partial charge in [-0.15, -0.1) is 0 Å². The molecule has 1 fully saturated rings. The molecular weight excluding hydrogens is 316 g/mol. The number of rotatable bonds is 3. The third-order valence-electron chi connectivity index (χ3n) is 3.30. The van der Waals surface area contributed by atoms with E-state index in [9.17, 15) is 4.79 Å². The average Bonchev–Trinajstić information content (AvgIpc) is 2.38. The molecule has 1 N–H and O–H groups in total. The van der Waals surface area contributed by atoms with Crippen molar-refractivity contribution in [3.8, 4) is 0 Å². The molecule has 0 saturated heterocycles. The fourth-order valence-electron chi connectivity index (χ4n) is 2.22. The van der Waals surface area contributed by atoms with E-state index >= 15 is 0 Å². The normalized spacial score (nSPS) is 23.7. The van der Waals surface area contributed by atoms with Crippen LogP contribution >= 0.6 is 27.5 Å². The maximum atomic E-state index is 11.9. The predicted octanol–water partition coefficient (Wildman–Crippen LogP) is 3.42. The van der Waals surface area contributed by atoms with Crippen LogP contribution < -0.4 is 5.32 Å². The molecule has 18 heavy (non-hydrogen) atoms. The molecule has 3 nitrogen and oxygen atoms in total. The number of hydrogen-bond donors (Lipinski definition) is 1. The molecule has 2 atom stereocenters. The minimum absolute atomic E-state index is 0.128. The Morgan fingerprint density at radius 3 is 2.89 bits per heavy atom. The van der Waals surface area contributed by atoms with E-state index in [4.69, 9.17) is 11.6 Å². The summed E-state index contributed by atoms with van der Waals surface area (Å²) in [5.74, 6) is 0.395. The third kappa shape index (κ3) is 3.69. The van der Waals surface area contributed by atoms with Gasteiger partial charge in [0, 0.05) is 17.6 Å². The lowest BCUT2D eigenvalue weighted by atomic mass is 9.89. The van der Waals surface area contributed by atoms with Crippen molar-refractivity contribution in [3.05, 3.63) is 29.0 Å². The molecule has 0 radical (unpaired) electrons. The first-order chi connectivity index (χ1) is 8.66. The molecule has 1 aromatic heterocycles. The molecule has 2 unspecified atom stereocenters. The molecule has 0 bridgehead atoms. The number of nitrogens with zero attached hydrogens (tertiary/aromatic N) is 1. The van der Waals surface area contributed by atoms with Crippen LogP contribution in [-0.4, -0.2) is 22.3 Å². The van der Waals surface area contributed by atoms with Gasteiger partial charge in [0.05, 0.1) is 5.02 Å². The first kappa shape index (κ1) is 13.8. The van der Waals surface area contributed by atoms with Gasteiger partial charge in [-0.05, 0) is 30.9 Å². The van der Waals surface area contributed by atoms with Crippen molar-refractivity contribution < 1.29 is 4.79 Å². The van der Waals surface area contributed by atoms with Crippen molar-refractivity contribution in [2.75, 3.05) is 6.54 Å². The molecule has 98 valence electrons. The Hall–Kier alpha value is -0.610. The number of halogens is 2. The molecule has 1 aromatic rings. The van der Waals surface area contributed by atoms with Crippen LogP contribution in [0.3, 0.4) is 0 Å².